The van der Waals surface area contributed by atoms with Crippen LogP contribution in [0.3, 0.4) is 0 Å². The van der Waals surface area contributed by atoms with Crippen molar-refractivity contribution >= 4 is 38.4 Å². The maximum atomic E-state index is 6.32. The van der Waals surface area contributed by atoms with Crippen molar-refractivity contribution in [2.45, 2.75) is 13.0 Å². The first-order chi connectivity index (χ1) is 10.2. The van der Waals surface area contributed by atoms with Gasteiger partial charge in [-0.2, -0.15) is 0 Å². The van der Waals surface area contributed by atoms with E-state index in [2.05, 4.69) is 57.0 Å². The SMILES string of the molecule is NCCc1ccc2ccn(Cc3ccc(Br)cc3Cl)c2c1. The third-order valence-corrected chi connectivity index (χ3v) is 4.47. The summed E-state index contributed by atoms with van der Waals surface area (Å²) in [5, 5.41) is 2.02. The van der Waals surface area contributed by atoms with Crippen LogP contribution in [-0.2, 0) is 13.0 Å². The van der Waals surface area contributed by atoms with E-state index in [1.165, 1.54) is 16.5 Å². The predicted molar refractivity (Wildman–Crippen MR) is 93.0 cm³/mol. The molecule has 108 valence electrons. The summed E-state index contributed by atoms with van der Waals surface area (Å²) in [5.41, 5.74) is 9.25. The Morgan fingerprint density at radius 2 is 1.95 bits per heavy atom. The molecule has 0 aliphatic carbocycles. The van der Waals surface area contributed by atoms with Gasteiger partial charge in [0.05, 0.1) is 0 Å². The van der Waals surface area contributed by atoms with E-state index < -0.39 is 0 Å². The largest absolute Gasteiger partial charge is 0.343 e. The van der Waals surface area contributed by atoms with Crippen molar-refractivity contribution in [2.75, 3.05) is 6.54 Å². The molecule has 2 aromatic carbocycles. The van der Waals surface area contributed by atoms with E-state index >= 15 is 0 Å². The van der Waals surface area contributed by atoms with Gasteiger partial charge in [0.2, 0.25) is 0 Å². The molecule has 0 aliphatic heterocycles. The Morgan fingerprint density at radius 1 is 1.10 bits per heavy atom. The third kappa shape index (κ3) is 3.15. The highest BCUT2D eigenvalue weighted by Crippen LogP contribution is 2.24. The van der Waals surface area contributed by atoms with E-state index in [0.717, 1.165) is 28.0 Å². The minimum Gasteiger partial charge on any atom is -0.343 e. The molecule has 2 nitrogen and oxygen atoms in total. The van der Waals surface area contributed by atoms with Gasteiger partial charge < -0.3 is 10.3 Å². The number of nitrogens with two attached hydrogens (primary N) is 1. The topological polar surface area (TPSA) is 30.9 Å². The Kier molecular flexibility index (Phi) is 4.34. The lowest BCUT2D eigenvalue weighted by molar-refractivity contribution is 0.835. The van der Waals surface area contributed by atoms with Crippen LogP contribution in [0.4, 0.5) is 0 Å². The molecule has 0 aliphatic rings. The second-order valence-electron chi connectivity index (χ2n) is 5.11. The van der Waals surface area contributed by atoms with E-state index in [4.69, 9.17) is 17.3 Å². The molecule has 0 bridgehead atoms. The van der Waals surface area contributed by atoms with Crippen LogP contribution in [-0.4, -0.2) is 11.1 Å². The van der Waals surface area contributed by atoms with Gasteiger partial charge in [-0.1, -0.05) is 45.7 Å². The van der Waals surface area contributed by atoms with Crippen LogP contribution in [0.15, 0.2) is 53.1 Å². The maximum absolute atomic E-state index is 6.32. The highest BCUT2D eigenvalue weighted by Gasteiger charge is 2.06. The molecule has 0 spiro atoms. The van der Waals surface area contributed by atoms with E-state index in [0.29, 0.717) is 6.54 Å². The Bertz CT molecular complexity index is 780. The smallest absolute Gasteiger partial charge is 0.0490 e. The van der Waals surface area contributed by atoms with Crippen molar-refractivity contribution in [3.8, 4) is 0 Å². The second-order valence-corrected chi connectivity index (χ2v) is 6.43. The molecule has 0 radical (unpaired) electrons. The molecule has 0 amide bonds. The Balaban J connectivity index is 1.98. The lowest BCUT2D eigenvalue weighted by Gasteiger charge is -2.09. The molecule has 1 aromatic heterocycles. The quantitative estimate of drug-likeness (QED) is 0.721. The van der Waals surface area contributed by atoms with Crippen LogP contribution in [0, 0.1) is 0 Å². The highest BCUT2D eigenvalue weighted by atomic mass is 79.9. The number of fused-ring (bicyclic) bond motifs is 1. The van der Waals surface area contributed by atoms with E-state index in [-0.39, 0.29) is 0 Å². The molecule has 0 atom stereocenters. The summed E-state index contributed by atoms with van der Waals surface area (Å²) >= 11 is 9.76. The van der Waals surface area contributed by atoms with Crippen molar-refractivity contribution in [3.63, 3.8) is 0 Å². The summed E-state index contributed by atoms with van der Waals surface area (Å²) in [6.45, 7) is 1.44. The number of nitrogens with zero attached hydrogens (tertiary/aromatic N) is 1. The summed E-state index contributed by atoms with van der Waals surface area (Å²) in [4.78, 5) is 0. The monoisotopic (exact) mass is 362 g/mol. The summed E-state index contributed by atoms with van der Waals surface area (Å²) in [7, 11) is 0. The second kappa shape index (κ2) is 6.22. The molecule has 4 heteroatoms. The number of aromatic nitrogens is 1. The average Bonchev–Trinajstić information content (AvgIpc) is 2.85. The minimum atomic E-state index is 0.671. The summed E-state index contributed by atoms with van der Waals surface area (Å²) < 4.78 is 3.23. The molecular formula is C17H16BrClN2. The van der Waals surface area contributed by atoms with Crippen molar-refractivity contribution in [1.82, 2.24) is 4.57 Å². The Hall–Kier alpha value is -1.29. The lowest BCUT2D eigenvalue weighted by Crippen LogP contribution is -2.03. The zero-order valence-electron chi connectivity index (χ0n) is 11.5. The molecule has 3 rings (SSSR count). The van der Waals surface area contributed by atoms with Gasteiger partial charge in [-0.15, -0.1) is 0 Å². The summed E-state index contributed by atoms with van der Waals surface area (Å²) in [6, 6.07) is 14.7. The number of halogens is 2. The van der Waals surface area contributed by atoms with Crippen molar-refractivity contribution < 1.29 is 0 Å². The third-order valence-electron chi connectivity index (χ3n) is 3.63. The van der Waals surface area contributed by atoms with Crippen molar-refractivity contribution in [1.29, 1.82) is 0 Å². The maximum Gasteiger partial charge on any atom is 0.0490 e. The molecule has 0 saturated carbocycles. The molecule has 1 heterocycles. The first kappa shape index (κ1) is 14.6. The number of rotatable bonds is 4. The van der Waals surface area contributed by atoms with Gasteiger partial charge in [0, 0.05) is 27.8 Å². The van der Waals surface area contributed by atoms with Gasteiger partial charge >= 0.3 is 0 Å². The van der Waals surface area contributed by atoms with Gasteiger partial charge in [-0.25, -0.2) is 0 Å². The molecule has 3 aromatic rings. The Morgan fingerprint density at radius 3 is 2.71 bits per heavy atom. The zero-order valence-corrected chi connectivity index (χ0v) is 13.9. The van der Waals surface area contributed by atoms with E-state index in [9.17, 15) is 0 Å². The van der Waals surface area contributed by atoms with Crippen LogP contribution in [0.1, 0.15) is 11.1 Å². The van der Waals surface area contributed by atoms with Gasteiger partial charge in [0.25, 0.3) is 0 Å². The van der Waals surface area contributed by atoms with Crippen LogP contribution in [0.5, 0.6) is 0 Å². The highest BCUT2D eigenvalue weighted by molar-refractivity contribution is 9.10. The minimum absolute atomic E-state index is 0.671. The first-order valence-corrected chi connectivity index (χ1v) is 8.06. The van der Waals surface area contributed by atoms with Crippen LogP contribution >= 0.6 is 27.5 Å². The standard InChI is InChI=1S/C17H16BrClN2/c18-15-4-3-14(16(19)10-15)11-21-8-6-13-2-1-12(5-7-20)9-17(13)21/h1-4,6,8-10H,5,7,11,20H2. The van der Waals surface area contributed by atoms with E-state index in [1.54, 1.807) is 0 Å². The zero-order chi connectivity index (χ0) is 14.8. The summed E-state index contributed by atoms with van der Waals surface area (Å²) in [6.07, 6.45) is 3.01. The fraction of sp³-hybridized carbons (Fsp3) is 0.176. The average molecular weight is 364 g/mol. The van der Waals surface area contributed by atoms with Gasteiger partial charge in [0.1, 0.15) is 0 Å². The molecule has 21 heavy (non-hydrogen) atoms. The Labute approximate surface area is 137 Å². The number of hydrogen-bond donors (Lipinski definition) is 1. The first-order valence-electron chi connectivity index (χ1n) is 6.89. The van der Waals surface area contributed by atoms with Gasteiger partial charge in [-0.05, 0) is 53.7 Å². The van der Waals surface area contributed by atoms with Crippen LogP contribution < -0.4 is 5.73 Å². The fourth-order valence-corrected chi connectivity index (χ4v) is 3.26. The van der Waals surface area contributed by atoms with Crippen molar-refractivity contribution in [3.05, 3.63) is 69.3 Å². The molecule has 0 saturated heterocycles. The lowest BCUT2D eigenvalue weighted by atomic mass is 10.1. The summed E-state index contributed by atoms with van der Waals surface area (Å²) in [5.74, 6) is 0. The van der Waals surface area contributed by atoms with Crippen molar-refractivity contribution in [2.24, 2.45) is 5.73 Å². The molecular weight excluding hydrogens is 348 g/mol. The number of benzene rings is 2. The molecule has 0 unspecified atom stereocenters. The number of hydrogen-bond acceptors (Lipinski definition) is 1. The normalized spacial score (nSPS) is 11.2. The van der Waals surface area contributed by atoms with Gasteiger partial charge in [-0.3, -0.25) is 0 Å². The van der Waals surface area contributed by atoms with Crippen LogP contribution in [0.25, 0.3) is 10.9 Å². The van der Waals surface area contributed by atoms with Crippen LogP contribution in [0.2, 0.25) is 5.02 Å². The van der Waals surface area contributed by atoms with Gasteiger partial charge in [0.15, 0.2) is 0 Å². The predicted octanol–water partition coefficient (Wildman–Crippen LogP) is 4.61. The van der Waals surface area contributed by atoms with E-state index in [1.807, 2.05) is 12.1 Å². The fourth-order valence-electron chi connectivity index (χ4n) is 2.52. The molecule has 2 N–H and O–H groups in total. The molecule has 0 fully saturated rings.